The van der Waals surface area contributed by atoms with Crippen molar-refractivity contribution in [1.29, 1.82) is 0 Å². The van der Waals surface area contributed by atoms with Gasteiger partial charge in [-0.15, -0.1) is 0 Å². The summed E-state index contributed by atoms with van der Waals surface area (Å²) in [5, 5.41) is 2.76. The second kappa shape index (κ2) is 18.3. The fraction of sp³-hybridized carbons (Fsp3) is 0.674. The molecular weight excluding hydrogens is 610 g/mol. The van der Waals surface area contributed by atoms with E-state index in [0.29, 0.717) is 12.4 Å². The highest BCUT2D eigenvalue weighted by atomic mass is 16.6. The number of benzene rings is 2. The highest BCUT2D eigenvalue weighted by molar-refractivity contribution is 5.84. The Hall–Kier alpha value is -3.02. The minimum atomic E-state index is -0.919. The van der Waals surface area contributed by atoms with Gasteiger partial charge in [-0.3, -0.25) is 0 Å². The van der Waals surface area contributed by atoms with Crippen LogP contribution in [0.1, 0.15) is 141 Å². The van der Waals surface area contributed by atoms with Crippen molar-refractivity contribution in [3.05, 3.63) is 58.1 Å². The van der Waals surface area contributed by atoms with Crippen LogP contribution >= 0.6 is 0 Å². The number of ether oxygens (including phenoxy) is 3. The molecule has 3 rings (SSSR count). The maximum atomic E-state index is 13.7. The molecule has 0 radical (unpaired) electrons. The van der Waals surface area contributed by atoms with Crippen LogP contribution in [0, 0.1) is 43.9 Å². The first kappa shape index (κ1) is 40.4. The van der Waals surface area contributed by atoms with E-state index in [1.165, 1.54) is 56.9 Å². The van der Waals surface area contributed by atoms with Gasteiger partial charge in [-0.2, -0.15) is 0 Å². The Balaban J connectivity index is 1.62. The van der Waals surface area contributed by atoms with Crippen molar-refractivity contribution in [1.82, 2.24) is 5.32 Å². The van der Waals surface area contributed by atoms with Gasteiger partial charge < -0.3 is 19.5 Å². The first-order valence-corrected chi connectivity index (χ1v) is 19.0. The SMILES string of the molecule is Cc1c(C)c(OC(=O)C(Cc2ccccc2)NC(=O)OC(C)(C)C)c(C)c2c1CC(C)(CCCC(C)CCCC(C)CCCC(C)C)CO2. The fourth-order valence-corrected chi connectivity index (χ4v) is 7.14. The van der Waals surface area contributed by atoms with Crippen LogP contribution in [0.15, 0.2) is 30.3 Å². The van der Waals surface area contributed by atoms with E-state index in [2.05, 4.69) is 46.9 Å². The summed E-state index contributed by atoms with van der Waals surface area (Å²) in [6, 6.07) is 8.69. The molecule has 49 heavy (non-hydrogen) atoms. The molecule has 6 heteroatoms. The normalized spacial score (nSPS) is 17.9. The molecule has 4 unspecified atom stereocenters. The number of nitrogens with one attached hydrogen (secondary N) is 1. The number of hydrogen-bond acceptors (Lipinski definition) is 5. The lowest BCUT2D eigenvalue weighted by Gasteiger charge is -2.37. The van der Waals surface area contributed by atoms with Crippen molar-refractivity contribution >= 4 is 12.1 Å². The first-order chi connectivity index (χ1) is 23.0. The van der Waals surface area contributed by atoms with Crippen LogP contribution in [0.4, 0.5) is 4.79 Å². The summed E-state index contributed by atoms with van der Waals surface area (Å²) in [6.45, 7) is 24.0. The van der Waals surface area contributed by atoms with Crippen LogP contribution in [-0.2, 0) is 22.4 Å². The average Bonchev–Trinajstić information content (AvgIpc) is 3.01. The lowest BCUT2D eigenvalue weighted by molar-refractivity contribution is -0.136. The lowest BCUT2D eigenvalue weighted by atomic mass is 9.75. The summed E-state index contributed by atoms with van der Waals surface area (Å²) in [6.07, 6.45) is 12.3. The minimum Gasteiger partial charge on any atom is -0.492 e. The van der Waals surface area contributed by atoms with Crippen molar-refractivity contribution in [3.63, 3.8) is 0 Å². The van der Waals surface area contributed by atoms with E-state index in [0.717, 1.165) is 58.6 Å². The molecule has 6 nitrogen and oxygen atoms in total. The average molecular weight is 678 g/mol. The number of esters is 1. The molecule has 1 heterocycles. The summed E-state index contributed by atoms with van der Waals surface area (Å²) in [4.78, 5) is 26.4. The molecular formula is C43H67NO5. The largest absolute Gasteiger partial charge is 0.492 e. The molecule has 2 aromatic rings. The van der Waals surface area contributed by atoms with Gasteiger partial charge >= 0.3 is 12.1 Å². The van der Waals surface area contributed by atoms with Crippen LogP contribution in [0.5, 0.6) is 11.5 Å². The van der Waals surface area contributed by atoms with Crippen molar-refractivity contribution in [3.8, 4) is 11.5 Å². The van der Waals surface area contributed by atoms with Gasteiger partial charge in [-0.05, 0) is 94.4 Å². The second-order valence-electron chi connectivity index (χ2n) is 17.0. The minimum absolute atomic E-state index is 0.0671. The van der Waals surface area contributed by atoms with Gasteiger partial charge in [0.2, 0.25) is 0 Å². The van der Waals surface area contributed by atoms with Crippen molar-refractivity contribution in [2.45, 2.75) is 158 Å². The van der Waals surface area contributed by atoms with E-state index >= 15 is 0 Å². The van der Waals surface area contributed by atoms with Gasteiger partial charge in [-0.25, -0.2) is 9.59 Å². The topological polar surface area (TPSA) is 73.9 Å². The first-order valence-electron chi connectivity index (χ1n) is 19.0. The lowest BCUT2D eigenvalue weighted by Crippen LogP contribution is -2.46. The standard InChI is InChI=1S/C43H67NO5/c1-29(2)18-15-19-30(3)20-16-21-31(4)22-17-25-43(11)27-36-32(5)33(6)38(34(7)39(36)47-28-43)48-40(45)37(26-35-23-13-12-14-24-35)44-41(46)49-42(8,9)10/h12-14,23-24,29-31,37H,15-22,25-28H2,1-11H3,(H,44,46). The molecule has 2 aromatic carbocycles. The number of carbonyl (C=O) groups is 2. The Morgan fingerprint density at radius 2 is 1.45 bits per heavy atom. The summed E-state index contributed by atoms with van der Waals surface area (Å²) in [7, 11) is 0. The predicted molar refractivity (Wildman–Crippen MR) is 202 cm³/mol. The monoisotopic (exact) mass is 678 g/mol. The zero-order valence-electron chi connectivity index (χ0n) is 32.7. The van der Waals surface area contributed by atoms with Crippen LogP contribution in [0.3, 0.4) is 0 Å². The molecule has 1 N–H and O–H groups in total. The summed E-state index contributed by atoms with van der Waals surface area (Å²) < 4.78 is 18.1. The number of amides is 1. The van der Waals surface area contributed by atoms with Crippen LogP contribution < -0.4 is 14.8 Å². The Kier molecular flexibility index (Phi) is 15.1. The summed E-state index contributed by atoms with van der Waals surface area (Å²) in [5.41, 5.74) is 4.37. The Morgan fingerprint density at radius 3 is 2.04 bits per heavy atom. The molecule has 4 atom stereocenters. The van der Waals surface area contributed by atoms with Gasteiger partial charge in [0.25, 0.3) is 0 Å². The number of alkyl carbamates (subject to hydrolysis) is 1. The number of fused-ring (bicyclic) bond motifs is 1. The van der Waals surface area contributed by atoms with Crippen LogP contribution in [0.2, 0.25) is 0 Å². The van der Waals surface area contributed by atoms with E-state index < -0.39 is 23.7 Å². The maximum absolute atomic E-state index is 13.7. The predicted octanol–water partition coefficient (Wildman–Crippen LogP) is 11.0. The van der Waals surface area contributed by atoms with Gasteiger partial charge in [0.1, 0.15) is 23.1 Å². The van der Waals surface area contributed by atoms with Crippen LogP contribution in [0.25, 0.3) is 0 Å². The quantitative estimate of drug-likeness (QED) is 0.133. The van der Waals surface area contributed by atoms with Gasteiger partial charge in [0.15, 0.2) is 0 Å². The molecule has 0 saturated carbocycles. The van der Waals surface area contributed by atoms with Crippen molar-refractivity contribution in [2.24, 2.45) is 23.2 Å². The molecule has 0 saturated heterocycles. The molecule has 1 amide bonds. The van der Waals surface area contributed by atoms with E-state index in [4.69, 9.17) is 14.2 Å². The molecule has 0 spiro atoms. The summed E-state index contributed by atoms with van der Waals surface area (Å²) in [5.74, 6) is 3.22. The third-order valence-corrected chi connectivity index (χ3v) is 10.3. The second-order valence-corrected chi connectivity index (χ2v) is 17.0. The molecule has 0 aliphatic carbocycles. The zero-order valence-corrected chi connectivity index (χ0v) is 32.7. The van der Waals surface area contributed by atoms with Gasteiger partial charge in [-0.1, -0.05) is 116 Å². The Morgan fingerprint density at radius 1 is 0.857 bits per heavy atom. The Labute approximate surface area is 298 Å². The highest BCUT2D eigenvalue weighted by Gasteiger charge is 2.35. The van der Waals surface area contributed by atoms with Crippen LogP contribution in [-0.4, -0.2) is 30.3 Å². The third-order valence-electron chi connectivity index (χ3n) is 10.3. The van der Waals surface area contributed by atoms with Gasteiger partial charge in [0, 0.05) is 17.4 Å². The van der Waals surface area contributed by atoms with Gasteiger partial charge in [0.05, 0.1) is 6.61 Å². The maximum Gasteiger partial charge on any atom is 0.408 e. The summed E-state index contributed by atoms with van der Waals surface area (Å²) >= 11 is 0. The van der Waals surface area contributed by atoms with E-state index in [-0.39, 0.29) is 11.8 Å². The molecule has 1 aliphatic rings. The number of rotatable bonds is 17. The third kappa shape index (κ3) is 13.0. The van der Waals surface area contributed by atoms with E-state index in [9.17, 15) is 9.59 Å². The van der Waals surface area contributed by atoms with E-state index in [1.54, 1.807) is 20.8 Å². The molecule has 1 aliphatic heterocycles. The number of carbonyl (C=O) groups excluding carboxylic acids is 2. The smallest absolute Gasteiger partial charge is 0.408 e. The molecule has 0 bridgehead atoms. The van der Waals surface area contributed by atoms with Crippen molar-refractivity contribution < 1.29 is 23.8 Å². The molecule has 0 aromatic heterocycles. The molecule has 274 valence electrons. The zero-order chi connectivity index (χ0) is 36.4. The van der Waals surface area contributed by atoms with Crippen molar-refractivity contribution in [2.75, 3.05) is 6.61 Å². The highest BCUT2D eigenvalue weighted by Crippen LogP contribution is 2.46. The Bertz CT molecular complexity index is 1360. The van der Waals surface area contributed by atoms with E-state index in [1.807, 2.05) is 44.2 Å². The fourth-order valence-electron chi connectivity index (χ4n) is 7.14. The number of hydrogen-bond donors (Lipinski definition) is 1. The molecule has 0 fully saturated rings.